The number of nitrogens with zero attached hydrogens (tertiary/aromatic N) is 2. The molecule has 0 aromatic carbocycles. The van der Waals surface area contributed by atoms with E-state index in [-0.39, 0.29) is 17.9 Å². The van der Waals surface area contributed by atoms with Crippen LogP contribution in [-0.4, -0.2) is 33.7 Å². The van der Waals surface area contributed by atoms with Crippen molar-refractivity contribution in [1.82, 2.24) is 21.0 Å². The van der Waals surface area contributed by atoms with Gasteiger partial charge in [0.1, 0.15) is 6.04 Å². The Balaban J connectivity index is 1.93. The van der Waals surface area contributed by atoms with Gasteiger partial charge in [0, 0.05) is 23.7 Å². The first-order chi connectivity index (χ1) is 12.1. The number of pyridine rings is 1. The zero-order valence-electron chi connectivity index (χ0n) is 14.2. The predicted molar refractivity (Wildman–Crippen MR) is 100 cm³/mol. The number of carbonyl (C=O) groups excluding carboxylic acids is 2. The number of nitrogens with one attached hydrogen (secondary N) is 3. The molecule has 0 radical (unpaired) electrons. The molecule has 1 aromatic rings. The number of hydrogen-bond acceptors (Lipinski definition) is 5. The van der Waals surface area contributed by atoms with E-state index in [1.165, 1.54) is 0 Å². The van der Waals surface area contributed by atoms with E-state index < -0.39 is 0 Å². The second kappa shape index (κ2) is 9.83. The quantitative estimate of drug-likeness (QED) is 0.270. The van der Waals surface area contributed by atoms with Crippen molar-refractivity contribution >= 4 is 34.9 Å². The van der Waals surface area contributed by atoms with Gasteiger partial charge in [0.2, 0.25) is 5.91 Å². The molecule has 1 fully saturated rings. The number of rotatable bonds is 9. The molecule has 2 amide bonds. The van der Waals surface area contributed by atoms with Crippen LogP contribution in [0.5, 0.6) is 0 Å². The standard InChI is InChI=1S/C17H23N5O2S/c1-2-3-4-5-13(6-7-14-16(24)20-17(25)19-14)21-22-15(23)12-8-10-18-11-9-12/h8-11,14H,2-7H2,1H3,(H,22,23)(H2,19,20,24,25)/b21-13+. The second-order valence-electron chi connectivity index (χ2n) is 5.87. The number of aromatic nitrogens is 1. The van der Waals surface area contributed by atoms with Gasteiger partial charge in [-0.05, 0) is 50.0 Å². The summed E-state index contributed by atoms with van der Waals surface area (Å²) >= 11 is 4.94. The van der Waals surface area contributed by atoms with Crippen molar-refractivity contribution in [3.05, 3.63) is 30.1 Å². The van der Waals surface area contributed by atoms with Gasteiger partial charge in [0.15, 0.2) is 5.11 Å². The van der Waals surface area contributed by atoms with Crippen LogP contribution in [0.25, 0.3) is 0 Å². The van der Waals surface area contributed by atoms with Gasteiger partial charge in [-0.1, -0.05) is 19.8 Å². The number of carbonyl (C=O) groups is 2. The lowest BCUT2D eigenvalue weighted by Gasteiger charge is -2.10. The third-order valence-corrected chi connectivity index (χ3v) is 4.13. The number of unbranched alkanes of at least 4 members (excludes halogenated alkanes) is 2. The van der Waals surface area contributed by atoms with Crippen molar-refractivity contribution in [3.8, 4) is 0 Å². The smallest absolute Gasteiger partial charge is 0.271 e. The Bertz CT molecular complexity index is 648. The molecule has 25 heavy (non-hydrogen) atoms. The molecular formula is C17H23N5O2S. The van der Waals surface area contributed by atoms with E-state index in [9.17, 15) is 9.59 Å². The number of hydrazone groups is 1. The average Bonchev–Trinajstić information content (AvgIpc) is 2.94. The zero-order chi connectivity index (χ0) is 18.1. The van der Waals surface area contributed by atoms with E-state index in [2.05, 4.69) is 33.1 Å². The van der Waals surface area contributed by atoms with E-state index in [1.54, 1.807) is 24.5 Å². The van der Waals surface area contributed by atoms with Gasteiger partial charge < -0.3 is 10.6 Å². The minimum Gasteiger partial charge on any atom is -0.351 e. The number of thiocarbonyl (C=S) groups is 1. The van der Waals surface area contributed by atoms with Crippen LogP contribution in [0.1, 0.15) is 55.8 Å². The predicted octanol–water partition coefficient (Wildman–Crippen LogP) is 1.90. The van der Waals surface area contributed by atoms with E-state index in [4.69, 9.17) is 12.2 Å². The topological polar surface area (TPSA) is 95.5 Å². The van der Waals surface area contributed by atoms with Crippen molar-refractivity contribution in [2.45, 2.75) is 51.5 Å². The highest BCUT2D eigenvalue weighted by molar-refractivity contribution is 7.80. The largest absolute Gasteiger partial charge is 0.351 e. The van der Waals surface area contributed by atoms with Gasteiger partial charge in [-0.2, -0.15) is 5.10 Å². The number of amides is 2. The van der Waals surface area contributed by atoms with Crippen molar-refractivity contribution < 1.29 is 9.59 Å². The van der Waals surface area contributed by atoms with Crippen LogP contribution in [0.4, 0.5) is 0 Å². The summed E-state index contributed by atoms with van der Waals surface area (Å²) in [6.07, 6.45) is 8.34. The van der Waals surface area contributed by atoms with Crippen molar-refractivity contribution in [3.63, 3.8) is 0 Å². The molecule has 0 aliphatic carbocycles. The molecule has 1 aliphatic heterocycles. The second-order valence-corrected chi connectivity index (χ2v) is 6.27. The lowest BCUT2D eigenvalue weighted by molar-refractivity contribution is -0.120. The Morgan fingerprint density at radius 1 is 1.32 bits per heavy atom. The first-order valence-corrected chi connectivity index (χ1v) is 8.88. The molecule has 1 unspecified atom stereocenters. The fourth-order valence-corrected chi connectivity index (χ4v) is 2.73. The molecule has 8 heteroatoms. The fraction of sp³-hybridized carbons (Fsp3) is 0.471. The van der Waals surface area contributed by atoms with Crippen LogP contribution < -0.4 is 16.1 Å². The van der Waals surface area contributed by atoms with Gasteiger partial charge in [-0.3, -0.25) is 14.6 Å². The first-order valence-electron chi connectivity index (χ1n) is 8.47. The summed E-state index contributed by atoms with van der Waals surface area (Å²) in [5.74, 6) is -0.382. The molecule has 3 N–H and O–H groups in total. The summed E-state index contributed by atoms with van der Waals surface area (Å²) in [4.78, 5) is 27.7. The summed E-state index contributed by atoms with van der Waals surface area (Å²) in [6, 6.07) is 2.93. The van der Waals surface area contributed by atoms with Crippen molar-refractivity contribution in [2.24, 2.45) is 5.10 Å². The SMILES string of the molecule is CCCCC/C(CCC1NC(=S)NC1=O)=N\NC(=O)c1ccncc1. The molecule has 1 saturated heterocycles. The normalized spacial score (nSPS) is 17.2. The van der Waals surface area contributed by atoms with Gasteiger partial charge in [-0.15, -0.1) is 0 Å². The highest BCUT2D eigenvalue weighted by atomic mass is 32.1. The van der Waals surface area contributed by atoms with Gasteiger partial charge in [0.25, 0.3) is 5.91 Å². The Labute approximate surface area is 152 Å². The fourth-order valence-electron chi connectivity index (χ4n) is 2.49. The van der Waals surface area contributed by atoms with Crippen LogP contribution >= 0.6 is 12.2 Å². The molecule has 2 rings (SSSR count). The Morgan fingerprint density at radius 2 is 2.08 bits per heavy atom. The van der Waals surface area contributed by atoms with Crippen molar-refractivity contribution in [2.75, 3.05) is 0 Å². The maximum atomic E-state index is 12.1. The molecule has 7 nitrogen and oxygen atoms in total. The lowest BCUT2D eigenvalue weighted by Crippen LogP contribution is -2.29. The highest BCUT2D eigenvalue weighted by Crippen LogP contribution is 2.09. The van der Waals surface area contributed by atoms with Crippen LogP contribution in [0.15, 0.2) is 29.6 Å². The minimum atomic E-state index is -0.334. The van der Waals surface area contributed by atoms with Gasteiger partial charge >= 0.3 is 0 Å². The summed E-state index contributed by atoms with van der Waals surface area (Å²) in [5.41, 5.74) is 3.98. The van der Waals surface area contributed by atoms with Crippen LogP contribution in [0, 0.1) is 0 Å². The summed E-state index contributed by atoms with van der Waals surface area (Å²) < 4.78 is 0. The zero-order valence-corrected chi connectivity index (χ0v) is 15.1. The summed E-state index contributed by atoms with van der Waals surface area (Å²) in [7, 11) is 0. The average molecular weight is 361 g/mol. The summed E-state index contributed by atoms with van der Waals surface area (Å²) in [6.45, 7) is 2.13. The van der Waals surface area contributed by atoms with Crippen LogP contribution in [0.2, 0.25) is 0 Å². The van der Waals surface area contributed by atoms with Gasteiger partial charge in [-0.25, -0.2) is 5.43 Å². The van der Waals surface area contributed by atoms with E-state index in [1.807, 2.05) is 0 Å². The third-order valence-electron chi connectivity index (χ3n) is 3.91. The Hall–Kier alpha value is -2.35. The van der Waals surface area contributed by atoms with Crippen LogP contribution in [-0.2, 0) is 4.79 Å². The molecule has 134 valence electrons. The maximum Gasteiger partial charge on any atom is 0.271 e. The molecule has 1 atom stereocenters. The van der Waals surface area contributed by atoms with E-state index in [0.717, 1.165) is 31.4 Å². The molecule has 2 heterocycles. The molecular weight excluding hydrogens is 338 g/mol. The van der Waals surface area contributed by atoms with E-state index >= 15 is 0 Å². The Kier molecular flexibility index (Phi) is 7.46. The van der Waals surface area contributed by atoms with E-state index in [0.29, 0.717) is 23.5 Å². The van der Waals surface area contributed by atoms with Crippen molar-refractivity contribution in [1.29, 1.82) is 0 Å². The lowest BCUT2D eigenvalue weighted by atomic mass is 10.0. The minimum absolute atomic E-state index is 0.112. The first kappa shape index (κ1) is 19.0. The monoisotopic (exact) mass is 361 g/mol. The molecule has 1 aromatic heterocycles. The molecule has 1 aliphatic rings. The van der Waals surface area contributed by atoms with Crippen LogP contribution in [0.3, 0.4) is 0 Å². The van der Waals surface area contributed by atoms with Gasteiger partial charge in [0.05, 0.1) is 0 Å². The number of hydrogen-bond donors (Lipinski definition) is 3. The molecule has 0 bridgehead atoms. The maximum absolute atomic E-state index is 12.1. The molecule has 0 spiro atoms. The third kappa shape index (κ3) is 6.22. The summed E-state index contributed by atoms with van der Waals surface area (Å²) in [5, 5.41) is 10.2. The Morgan fingerprint density at radius 3 is 2.72 bits per heavy atom. The highest BCUT2D eigenvalue weighted by Gasteiger charge is 2.26. The molecule has 0 saturated carbocycles.